The van der Waals surface area contributed by atoms with Gasteiger partial charge >= 0.3 is 0 Å². The average Bonchev–Trinajstić information content (AvgIpc) is 1.55. The number of hydrogen-bond donors (Lipinski definition) is 0. The summed E-state index contributed by atoms with van der Waals surface area (Å²) in [4.78, 5) is 51.4. The highest BCUT2D eigenvalue weighted by atomic mass is 79.9. The number of benzene rings is 11. The van der Waals surface area contributed by atoms with Crippen LogP contribution in [0.2, 0.25) is 5.02 Å². The molecule has 19 nitrogen and oxygen atoms in total. The molecule has 23 heteroatoms. The third kappa shape index (κ3) is 22.8. The minimum atomic E-state index is -0.741. The Kier molecular flexibility index (Phi) is 29.3. The zero-order valence-electron chi connectivity index (χ0n) is 62.0. The van der Waals surface area contributed by atoms with Gasteiger partial charge in [0.25, 0.3) is 17.7 Å². The van der Waals surface area contributed by atoms with Gasteiger partial charge in [-0.2, -0.15) is 15.8 Å². The minimum Gasteiger partial charge on any atom is -0.331 e. The molecule has 0 spiro atoms. The van der Waals surface area contributed by atoms with Gasteiger partial charge in [-0.25, -0.2) is 13.8 Å². The third-order valence-corrected chi connectivity index (χ3v) is 19.8. The Bertz CT molecular complexity index is 5790. The van der Waals surface area contributed by atoms with Gasteiger partial charge in [0.05, 0.1) is 79.7 Å². The number of aromatic nitrogens is 10. The number of halogens is 4. The number of hydrogen-bond acceptors (Lipinski definition) is 13. The van der Waals surface area contributed by atoms with Crippen molar-refractivity contribution in [2.24, 2.45) is 0 Å². The second kappa shape index (κ2) is 41.0. The Morgan fingerprint density at radius 2 is 0.880 bits per heavy atom. The lowest BCUT2D eigenvalue weighted by molar-refractivity contribution is -0.126. The smallest absolute Gasteiger partial charge is 0.272 e. The lowest BCUT2D eigenvalue weighted by atomic mass is 10.0. The first kappa shape index (κ1) is 83.7. The first-order valence-corrected chi connectivity index (χ1v) is 37.9. The molecule has 0 unspecified atom stereocenters. The number of fused-ring (bicyclic) bond motifs is 2. The molecule has 3 amide bonds. The van der Waals surface area contributed by atoms with E-state index >= 15 is 0 Å². The lowest BCUT2D eigenvalue weighted by Gasteiger charge is -2.25. The number of amides is 3. The SMILES string of the molecule is C.C.N#Cc1ccc(Cn2cnnc2CN(CCc2ccc(Br)cc2)C(=O)c2ccc3ccccc3c2)cc1.N#Cc1ccc(Cn2cnnc2CN(CCc2ccc(Cl)cc2)C(=O)c2ccc3ccccc3n2)cc1.N#Cc1ccc(Cn2cnnc2CN(Cc2ccc(F)cc2F)C(=O)/C(=C/c2ccccc2)c2ccccc2)cc1. The number of carbonyl (C=O) groups is 3. The van der Waals surface area contributed by atoms with Crippen LogP contribution in [0.4, 0.5) is 8.78 Å². The molecule has 0 aliphatic heterocycles. The van der Waals surface area contributed by atoms with Crippen molar-refractivity contribution in [2.75, 3.05) is 13.1 Å². The van der Waals surface area contributed by atoms with E-state index in [1.807, 2.05) is 220 Å². The van der Waals surface area contributed by atoms with Crippen LogP contribution in [0.25, 0.3) is 33.3 Å². The van der Waals surface area contributed by atoms with E-state index in [-0.39, 0.29) is 57.8 Å². The molecule has 0 radical (unpaired) electrons. The maximum atomic E-state index is 14.8. The van der Waals surface area contributed by atoms with E-state index in [9.17, 15) is 23.2 Å². The van der Waals surface area contributed by atoms with Crippen molar-refractivity contribution >= 4 is 78.6 Å². The largest absolute Gasteiger partial charge is 0.331 e. The first-order valence-electron chi connectivity index (χ1n) is 36.7. The van der Waals surface area contributed by atoms with Crippen molar-refractivity contribution < 1.29 is 23.2 Å². The first-order chi connectivity index (χ1) is 56.2. The van der Waals surface area contributed by atoms with Gasteiger partial charge in [0, 0.05) is 57.3 Å². The van der Waals surface area contributed by atoms with Crippen LogP contribution in [0.5, 0.6) is 0 Å². The Balaban J connectivity index is 0.000000171. The van der Waals surface area contributed by atoms with E-state index in [0.717, 1.165) is 72.0 Å². The average molecular weight is 1640 g/mol. The summed E-state index contributed by atoms with van der Waals surface area (Å²) >= 11 is 9.53. The molecule has 4 aromatic heterocycles. The van der Waals surface area contributed by atoms with E-state index in [4.69, 9.17) is 27.4 Å². The van der Waals surface area contributed by atoms with Crippen molar-refractivity contribution in [2.45, 2.75) is 73.5 Å². The highest BCUT2D eigenvalue weighted by Crippen LogP contribution is 2.27. The summed E-state index contributed by atoms with van der Waals surface area (Å²) in [6, 6.07) is 91.4. The Hall–Kier alpha value is -14.2. The summed E-state index contributed by atoms with van der Waals surface area (Å²) in [5.41, 5.74) is 10.9. The fourth-order valence-corrected chi connectivity index (χ4v) is 13.2. The topological polar surface area (TPSA) is 237 Å². The van der Waals surface area contributed by atoms with Crippen molar-refractivity contribution in [3.05, 3.63) is 409 Å². The van der Waals surface area contributed by atoms with Crippen molar-refractivity contribution in [3.8, 4) is 18.2 Å². The van der Waals surface area contributed by atoms with Crippen LogP contribution < -0.4 is 0 Å². The molecule has 15 aromatic rings. The summed E-state index contributed by atoms with van der Waals surface area (Å²) < 4.78 is 35.2. The number of nitriles is 3. The van der Waals surface area contributed by atoms with Gasteiger partial charge in [-0.05, 0) is 160 Å². The molecular formula is C94H80BrClF2N16O3. The van der Waals surface area contributed by atoms with E-state index in [1.54, 1.807) is 77.0 Å². The summed E-state index contributed by atoms with van der Waals surface area (Å²) in [6.07, 6.45) is 8.07. The van der Waals surface area contributed by atoms with Crippen LogP contribution in [0.3, 0.4) is 0 Å². The van der Waals surface area contributed by atoms with Gasteiger partial charge < -0.3 is 28.4 Å². The fraction of sp³-hybridized carbons (Fsp3) is 0.138. The number of carbonyl (C=O) groups excluding carboxylic acids is 3. The molecule has 582 valence electrons. The Labute approximate surface area is 691 Å². The monoisotopic (exact) mass is 1630 g/mol. The van der Waals surface area contributed by atoms with Gasteiger partial charge in [0.15, 0.2) is 17.5 Å². The molecule has 11 aromatic carbocycles. The predicted octanol–water partition coefficient (Wildman–Crippen LogP) is 18.8. The molecule has 0 aliphatic rings. The summed E-state index contributed by atoms with van der Waals surface area (Å²) in [6.45, 7) is 3.01. The fourth-order valence-electron chi connectivity index (χ4n) is 12.8. The molecule has 4 heterocycles. The number of nitrogens with zero attached hydrogens (tertiary/aromatic N) is 16. The van der Waals surface area contributed by atoms with E-state index in [2.05, 4.69) is 81.8 Å². The van der Waals surface area contributed by atoms with Gasteiger partial charge in [0.2, 0.25) is 0 Å². The maximum Gasteiger partial charge on any atom is 0.272 e. The molecule has 0 saturated carbocycles. The van der Waals surface area contributed by atoms with Crippen molar-refractivity contribution in [1.29, 1.82) is 15.8 Å². The van der Waals surface area contributed by atoms with Crippen LogP contribution in [-0.4, -0.2) is 94.8 Å². The molecule has 0 aliphatic carbocycles. The quantitative estimate of drug-likeness (QED) is 0.0383. The van der Waals surface area contributed by atoms with E-state index in [1.165, 1.54) is 17.0 Å². The predicted molar refractivity (Wildman–Crippen MR) is 454 cm³/mol. The van der Waals surface area contributed by atoms with Gasteiger partial charge in [-0.1, -0.05) is 224 Å². The third-order valence-electron chi connectivity index (χ3n) is 19.0. The molecule has 0 fully saturated rings. The minimum absolute atomic E-state index is 0. The lowest BCUT2D eigenvalue weighted by Crippen LogP contribution is -2.34. The second-order valence-electron chi connectivity index (χ2n) is 26.9. The molecule has 15 rings (SSSR count). The van der Waals surface area contributed by atoms with Gasteiger partial charge in [0.1, 0.15) is 36.3 Å². The highest BCUT2D eigenvalue weighted by molar-refractivity contribution is 9.10. The van der Waals surface area contributed by atoms with Crippen LogP contribution in [0.15, 0.2) is 303 Å². The van der Waals surface area contributed by atoms with Gasteiger partial charge in [-0.15, -0.1) is 30.6 Å². The standard InChI is InChI=1S/C33H25F2N5O.C30H24BrN5O.C29H23ClN6O.2CH4/c34-29-16-15-28(31(35)18-29)21-39(22-32-38-37-23-40(32)20-26-13-11-25(19-36)12-14-26)33(41)30(27-9-5-2-6-10-27)17-24-7-3-1-4-8-24;31-28-13-9-22(10-14-28)15-16-35(30(37)27-12-11-25-3-1-2-4-26(25)17-27)20-29-34-33-21-36(29)19-24-7-5-23(18-32)6-8-24;30-25-12-9-21(10-13-25)15-16-35(29(37)27-14-11-24-3-1-2-4-26(24)33-27)19-28-34-32-20-36(28)18-23-7-5-22(17-31)6-8-23;;/h1-18,23H,20-22H2;1-14,17,21H,15-16,19-20H2;1-14,20H,15-16,18-19H2;2*1H4/b30-17+;;;;. The van der Waals surface area contributed by atoms with Crippen LogP contribution >= 0.6 is 27.5 Å². The number of para-hydroxylation sites is 1. The molecule has 0 bridgehead atoms. The van der Waals surface area contributed by atoms with Crippen LogP contribution in [-0.2, 0) is 63.4 Å². The Morgan fingerprint density at radius 3 is 1.39 bits per heavy atom. The molecule has 0 N–H and O–H groups in total. The molecule has 0 atom stereocenters. The normalized spacial score (nSPS) is 10.8. The molecular weight excluding hydrogens is 1550 g/mol. The summed E-state index contributed by atoms with van der Waals surface area (Å²) in [5, 5.41) is 56.2. The molecule has 0 saturated heterocycles. The number of rotatable bonds is 25. The zero-order valence-corrected chi connectivity index (χ0v) is 64.4. The maximum absolute atomic E-state index is 14.8. The van der Waals surface area contributed by atoms with E-state index < -0.39 is 11.6 Å². The van der Waals surface area contributed by atoms with E-state index in [0.29, 0.717) is 107 Å². The van der Waals surface area contributed by atoms with Gasteiger partial charge in [-0.3, -0.25) is 14.4 Å². The van der Waals surface area contributed by atoms with Crippen molar-refractivity contribution in [1.82, 2.24) is 64.0 Å². The highest BCUT2D eigenvalue weighted by Gasteiger charge is 2.26. The number of pyridine rings is 1. The zero-order chi connectivity index (χ0) is 79.8. The van der Waals surface area contributed by atoms with Crippen molar-refractivity contribution in [3.63, 3.8) is 0 Å². The second-order valence-corrected chi connectivity index (χ2v) is 28.3. The summed E-state index contributed by atoms with van der Waals surface area (Å²) in [7, 11) is 0. The van der Waals surface area contributed by atoms with Crippen LogP contribution in [0.1, 0.15) is 114 Å². The summed E-state index contributed by atoms with van der Waals surface area (Å²) in [5.74, 6) is -0.156. The molecule has 117 heavy (non-hydrogen) atoms. The van der Waals surface area contributed by atoms with Crippen LogP contribution in [0, 0.1) is 45.6 Å². The Morgan fingerprint density at radius 1 is 0.436 bits per heavy atom.